The molecule has 0 spiro atoms. The van der Waals surface area contributed by atoms with Gasteiger partial charge >= 0.3 is 0 Å². The quantitative estimate of drug-likeness (QED) is 0.881. The zero-order valence-electron chi connectivity index (χ0n) is 10.8. The highest BCUT2D eigenvalue weighted by atomic mass is 35.5. The predicted molar refractivity (Wildman–Crippen MR) is 80.6 cm³/mol. The molecule has 3 nitrogen and oxygen atoms in total. The Morgan fingerprint density at radius 1 is 1.26 bits per heavy atom. The molecule has 3 N–H and O–H groups in total. The molecule has 1 aromatic carbocycles. The third kappa shape index (κ3) is 2.67. The molecular formula is C15H18ClN3. The first-order chi connectivity index (χ1) is 9.24. The fraction of sp³-hybridized carbons (Fsp3) is 0.400. The fourth-order valence-electron chi connectivity index (χ4n) is 2.83. The minimum absolute atomic E-state index is 0.317. The maximum atomic E-state index is 6.21. The third-order valence-corrected chi connectivity index (χ3v) is 4.12. The normalized spacial score (nSPS) is 23.5. The van der Waals surface area contributed by atoms with E-state index in [2.05, 4.69) is 10.3 Å². The van der Waals surface area contributed by atoms with Crippen molar-refractivity contribution in [2.75, 3.05) is 5.32 Å². The van der Waals surface area contributed by atoms with E-state index in [4.69, 9.17) is 17.3 Å². The average Bonchev–Trinajstić information content (AvgIpc) is 2.42. The van der Waals surface area contributed by atoms with Gasteiger partial charge in [-0.05, 0) is 49.9 Å². The number of nitrogens with zero attached hydrogens (tertiary/aromatic N) is 1. The number of nitrogens with two attached hydrogens (primary N) is 1. The lowest BCUT2D eigenvalue weighted by molar-refractivity contribution is 0.409. The first-order valence-corrected chi connectivity index (χ1v) is 7.17. The summed E-state index contributed by atoms with van der Waals surface area (Å²) in [5, 5.41) is 5.32. The van der Waals surface area contributed by atoms with Gasteiger partial charge in [0.1, 0.15) is 0 Å². The van der Waals surface area contributed by atoms with Gasteiger partial charge in [0.15, 0.2) is 0 Å². The molecule has 1 saturated carbocycles. The van der Waals surface area contributed by atoms with Crippen molar-refractivity contribution in [1.29, 1.82) is 0 Å². The second-order valence-corrected chi connectivity index (χ2v) is 5.67. The van der Waals surface area contributed by atoms with Crippen LogP contribution in [0, 0.1) is 0 Å². The molecule has 2 aromatic rings. The maximum Gasteiger partial charge on any atom is 0.0948 e. The largest absolute Gasteiger partial charge is 0.380 e. The highest BCUT2D eigenvalue weighted by Gasteiger charge is 2.19. The summed E-state index contributed by atoms with van der Waals surface area (Å²) in [4.78, 5) is 4.45. The van der Waals surface area contributed by atoms with Gasteiger partial charge in [-0.15, -0.1) is 0 Å². The van der Waals surface area contributed by atoms with Gasteiger partial charge in [-0.25, -0.2) is 0 Å². The summed E-state index contributed by atoms with van der Waals surface area (Å²) in [6, 6.07) is 8.61. The number of benzene rings is 1. The van der Waals surface area contributed by atoms with E-state index in [0.29, 0.717) is 12.1 Å². The van der Waals surface area contributed by atoms with E-state index in [0.717, 1.165) is 34.5 Å². The van der Waals surface area contributed by atoms with Crippen molar-refractivity contribution in [3.05, 3.63) is 35.5 Å². The summed E-state index contributed by atoms with van der Waals surface area (Å²) in [6.45, 7) is 0. The second kappa shape index (κ2) is 5.35. The van der Waals surface area contributed by atoms with E-state index in [1.807, 2.05) is 24.3 Å². The van der Waals surface area contributed by atoms with Crippen LogP contribution >= 0.6 is 11.6 Å². The molecule has 19 heavy (non-hydrogen) atoms. The molecule has 1 heterocycles. The molecule has 0 radical (unpaired) electrons. The first kappa shape index (κ1) is 12.7. The number of rotatable bonds is 2. The molecule has 3 rings (SSSR count). The topological polar surface area (TPSA) is 50.9 Å². The molecule has 2 atom stereocenters. The number of aromatic nitrogens is 1. The van der Waals surface area contributed by atoms with E-state index in [1.165, 1.54) is 12.8 Å². The molecule has 0 amide bonds. The molecule has 1 aliphatic rings. The van der Waals surface area contributed by atoms with Crippen LogP contribution in [0.25, 0.3) is 10.9 Å². The Bertz CT molecular complexity index is 585. The highest BCUT2D eigenvalue weighted by Crippen LogP contribution is 2.30. The van der Waals surface area contributed by atoms with Crippen LogP contribution < -0.4 is 11.1 Å². The van der Waals surface area contributed by atoms with E-state index in [-0.39, 0.29) is 0 Å². The van der Waals surface area contributed by atoms with Gasteiger partial charge < -0.3 is 11.1 Å². The van der Waals surface area contributed by atoms with Crippen LogP contribution in [0.3, 0.4) is 0 Å². The zero-order chi connectivity index (χ0) is 13.2. The Hall–Kier alpha value is -1.32. The SMILES string of the molecule is NC1CCCC(Nc2ccc(Cl)c3cccnc23)C1. The van der Waals surface area contributed by atoms with Gasteiger partial charge in [-0.1, -0.05) is 11.6 Å². The number of halogens is 1. The summed E-state index contributed by atoms with van der Waals surface area (Å²) in [6.07, 6.45) is 6.33. The van der Waals surface area contributed by atoms with Crippen LogP contribution in [-0.4, -0.2) is 17.1 Å². The van der Waals surface area contributed by atoms with E-state index >= 15 is 0 Å². The lowest BCUT2D eigenvalue weighted by Crippen LogP contribution is -2.34. The van der Waals surface area contributed by atoms with Crippen molar-refractivity contribution < 1.29 is 0 Å². The second-order valence-electron chi connectivity index (χ2n) is 5.26. The Kier molecular flexibility index (Phi) is 3.58. The minimum Gasteiger partial charge on any atom is -0.380 e. The zero-order valence-corrected chi connectivity index (χ0v) is 11.5. The molecule has 2 unspecified atom stereocenters. The van der Waals surface area contributed by atoms with Crippen LogP contribution in [0.1, 0.15) is 25.7 Å². The predicted octanol–water partition coefficient (Wildman–Crippen LogP) is 3.57. The van der Waals surface area contributed by atoms with Gasteiger partial charge in [0.2, 0.25) is 0 Å². The first-order valence-electron chi connectivity index (χ1n) is 6.79. The number of anilines is 1. The fourth-order valence-corrected chi connectivity index (χ4v) is 3.05. The van der Waals surface area contributed by atoms with Gasteiger partial charge in [0.25, 0.3) is 0 Å². The molecule has 0 saturated heterocycles. The molecule has 1 fully saturated rings. The van der Waals surface area contributed by atoms with Crippen LogP contribution in [0.2, 0.25) is 5.02 Å². The summed E-state index contributed by atoms with van der Waals surface area (Å²) < 4.78 is 0. The van der Waals surface area contributed by atoms with Gasteiger partial charge in [0, 0.05) is 23.7 Å². The number of hydrogen-bond acceptors (Lipinski definition) is 3. The number of fused-ring (bicyclic) bond motifs is 1. The van der Waals surface area contributed by atoms with Crippen molar-refractivity contribution in [3.63, 3.8) is 0 Å². The van der Waals surface area contributed by atoms with E-state index in [9.17, 15) is 0 Å². The molecular weight excluding hydrogens is 258 g/mol. The molecule has 1 aromatic heterocycles. The molecule has 4 heteroatoms. The van der Waals surface area contributed by atoms with Crippen LogP contribution in [0.15, 0.2) is 30.5 Å². The standard InChI is InChI=1S/C15H18ClN3/c16-13-6-7-14(15-12(13)5-2-8-18-15)19-11-4-1-3-10(17)9-11/h2,5-8,10-11,19H,1,3-4,9,17H2. The van der Waals surface area contributed by atoms with Crippen molar-refractivity contribution in [2.24, 2.45) is 5.73 Å². The summed E-state index contributed by atoms with van der Waals surface area (Å²) in [5.74, 6) is 0. The summed E-state index contributed by atoms with van der Waals surface area (Å²) >= 11 is 6.21. The van der Waals surface area contributed by atoms with Crippen LogP contribution in [0.4, 0.5) is 5.69 Å². The maximum absolute atomic E-state index is 6.21. The number of pyridine rings is 1. The summed E-state index contributed by atoms with van der Waals surface area (Å²) in [7, 11) is 0. The smallest absolute Gasteiger partial charge is 0.0948 e. The third-order valence-electron chi connectivity index (χ3n) is 3.79. The lowest BCUT2D eigenvalue weighted by Gasteiger charge is -2.28. The molecule has 0 aliphatic heterocycles. The molecule has 1 aliphatic carbocycles. The van der Waals surface area contributed by atoms with E-state index in [1.54, 1.807) is 6.20 Å². The van der Waals surface area contributed by atoms with Crippen LogP contribution in [-0.2, 0) is 0 Å². The average molecular weight is 276 g/mol. The van der Waals surface area contributed by atoms with E-state index < -0.39 is 0 Å². The Balaban J connectivity index is 1.90. The highest BCUT2D eigenvalue weighted by molar-refractivity contribution is 6.35. The number of nitrogens with one attached hydrogen (secondary N) is 1. The molecule has 0 bridgehead atoms. The Labute approximate surface area is 118 Å². The van der Waals surface area contributed by atoms with Crippen molar-refractivity contribution in [1.82, 2.24) is 4.98 Å². The van der Waals surface area contributed by atoms with Crippen LogP contribution in [0.5, 0.6) is 0 Å². The monoisotopic (exact) mass is 275 g/mol. The lowest BCUT2D eigenvalue weighted by atomic mass is 9.91. The van der Waals surface area contributed by atoms with Gasteiger partial charge in [-0.3, -0.25) is 4.98 Å². The van der Waals surface area contributed by atoms with Crippen molar-refractivity contribution in [3.8, 4) is 0 Å². The van der Waals surface area contributed by atoms with Gasteiger partial charge in [-0.2, -0.15) is 0 Å². The Morgan fingerprint density at radius 2 is 2.16 bits per heavy atom. The van der Waals surface area contributed by atoms with Crippen molar-refractivity contribution >= 4 is 28.2 Å². The molecule has 100 valence electrons. The van der Waals surface area contributed by atoms with Crippen molar-refractivity contribution in [2.45, 2.75) is 37.8 Å². The minimum atomic E-state index is 0.317. The van der Waals surface area contributed by atoms with Gasteiger partial charge in [0.05, 0.1) is 16.2 Å². The Morgan fingerprint density at radius 3 is 3.00 bits per heavy atom. The summed E-state index contributed by atoms with van der Waals surface area (Å²) in [5.41, 5.74) is 8.03. The number of hydrogen-bond donors (Lipinski definition) is 2.